The first kappa shape index (κ1) is 15.8. The molecule has 0 spiro atoms. The van der Waals surface area contributed by atoms with Crippen molar-refractivity contribution in [1.29, 1.82) is 0 Å². The number of hydrogen-bond acceptors (Lipinski definition) is 6. The van der Waals surface area contributed by atoms with Crippen LogP contribution >= 0.6 is 0 Å². The minimum absolute atomic E-state index is 0.195. The van der Waals surface area contributed by atoms with Crippen molar-refractivity contribution in [2.75, 3.05) is 36.8 Å². The Morgan fingerprint density at radius 2 is 2.05 bits per heavy atom. The molecule has 9 heteroatoms. The normalized spacial score (nSPS) is 15.5. The van der Waals surface area contributed by atoms with Crippen molar-refractivity contribution in [1.82, 2.24) is 14.9 Å². The molecule has 2 heterocycles. The predicted molar refractivity (Wildman–Crippen MR) is 80.2 cm³/mol. The molecule has 1 aliphatic heterocycles. The van der Waals surface area contributed by atoms with Crippen LogP contribution in [0.15, 0.2) is 12.4 Å². The molecular formula is C13H20N6O3. The molecule has 9 nitrogen and oxygen atoms in total. The third-order valence-electron chi connectivity index (χ3n) is 3.67. The maximum atomic E-state index is 11.1. The van der Waals surface area contributed by atoms with Crippen LogP contribution in [0.3, 0.4) is 0 Å². The largest absolute Gasteiger partial charge is 0.465 e. The Bertz CT molecular complexity index is 544. The third-order valence-corrected chi connectivity index (χ3v) is 3.67. The van der Waals surface area contributed by atoms with Gasteiger partial charge in [-0.25, -0.2) is 9.78 Å². The van der Waals surface area contributed by atoms with E-state index in [0.29, 0.717) is 12.4 Å². The first-order valence-corrected chi connectivity index (χ1v) is 7.04. The minimum atomic E-state index is -1.12. The summed E-state index contributed by atoms with van der Waals surface area (Å²) in [5.74, 6) is 0.652. The molecule has 1 saturated heterocycles. The Balaban J connectivity index is 1.88. The van der Waals surface area contributed by atoms with Crippen molar-refractivity contribution in [3.8, 4) is 0 Å². The molecule has 1 aromatic rings. The lowest BCUT2D eigenvalue weighted by Gasteiger charge is -2.34. The van der Waals surface area contributed by atoms with Crippen molar-refractivity contribution < 1.29 is 14.7 Å². The molecule has 1 fully saturated rings. The van der Waals surface area contributed by atoms with Gasteiger partial charge in [0.2, 0.25) is 5.91 Å². The van der Waals surface area contributed by atoms with Gasteiger partial charge in [-0.3, -0.25) is 14.7 Å². The average molecular weight is 308 g/mol. The predicted octanol–water partition coefficient (Wildman–Crippen LogP) is -0.259. The summed E-state index contributed by atoms with van der Waals surface area (Å²) in [6, 6.07) is 0. The molecule has 0 radical (unpaired) electrons. The number of nitrogen functional groups attached to an aromatic ring is 1. The van der Waals surface area contributed by atoms with E-state index in [4.69, 9.17) is 16.6 Å². The topological polar surface area (TPSA) is 139 Å². The van der Waals surface area contributed by atoms with Gasteiger partial charge in [-0.05, 0) is 18.8 Å². The van der Waals surface area contributed by atoms with Gasteiger partial charge in [-0.1, -0.05) is 0 Å². The van der Waals surface area contributed by atoms with Crippen molar-refractivity contribution in [3.63, 3.8) is 0 Å². The van der Waals surface area contributed by atoms with E-state index < -0.39 is 12.0 Å². The number of hydrogen-bond donors (Lipinski definition) is 3. The minimum Gasteiger partial charge on any atom is -0.465 e. The zero-order chi connectivity index (χ0) is 16.1. The molecule has 1 aliphatic rings. The molecule has 2 rings (SSSR count). The van der Waals surface area contributed by atoms with E-state index in [2.05, 4.69) is 14.9 Å². The van der Waals surface area contributed by atoms with Gasteiger partial charge in [-0.2, -0.15) is 0 Å². The highest BCUT2D eigenvalue weighted by molar-refractivity contribution is 5.80. The molecule has 0 bridgehead atoms. The van der Waals surface area contributed by atoms with Gasteiger partial charge in [0.15, 0.2) is 0 Å². The van der Waals surface area contributed by atoms with Crippen molar-refractivity contribution >= 4 is 23.6 Å². The first-order valence-electron chi connectivity index (χ1n) is 7.04. The number of anilines is 2. The lowest BCUT2D eigenvalue weighted by atomic mass is 9.96. The molecule has 2 amide bonds. The van der Waals surface area contributed by atoms with E-state index >= 15 is 0 Å². The van der Waals surface area contributed by atoms with Gasteiger partial charge < -0.3 is 21.5 Å². The van der Waals surface area contributed by atoms with E-state index in [-0.39, 0.29) is 12.5 Å². The standard InChI is InChI=1S/C13H20N6O3/c14-10-5-16-6-12(17-10)18-3-1-9(2-4-18)7-19(13(21)22)8-11(15)20/h5-6,9H,1-4,7-8H2,(H2,14,17)(H2,15,20)(H,21,22). The van der Waals surface area contributed by atoms with E-state index in [0.717, 1.165) is 36.6 Å². The summed E-state index contributed by atoms with van der Waals surface area (Å²) < 4.78 is 0. The molecule has 1 aromatic heterocycles. The molecule has 0 aliphatic carbocycles. The highest BCUT2D eigenvalue weighted by Gasteiger charge is 2.25. The number of piperidine rings is 1. The number of rotatable bonds is 5. The van der Waals surface area contributed by atoms with Crippen LogP contribution in [-0.4, -0.2) is 58.2 Å². The van der Waals surface area contributed by atoms with Crippen molar-refractivity contribution in [3.05, 3.63) is 12.4 Å². The zero-order valence-electron chi connectivity index (χ0n) is 12.2. The van der Waals surface area contributed by atoms with Crippen LogP contribution in [0.2, 0.25) is 0 Å². The number of carbonyl (C=O) groups excluding carboxylic acids is 1. The Morgan fingerprint density at radius 1 is 1.36 bits per heavy atom. The molecule has 0 atom stereocenters. The maximum Gasteiger partial charge on any atom is 0.407 e. The third kappa shape index (κ3) is 4.21. The Hall–Kier alpha value is -2.58. The van der Waals surface area contributed by atoms with Gasteiger partial charge in [0.1, 0.15) is 18.2 Å². The smallest absolute Gasteiger partial charge is 0.407 e. The fourth-order valence-electron chi connectivity index (χ4n) is 2.58. The number of carbonyl (C=O) groups is 2. The lowest BCUT2D eigenvalue weighted by Crippen LogP contribution is -2.43. The van der Waals surface area contributed by atoms with Crippen molar-refractivity contribution in [2.24, 2.45) is 11.7 Å². The van der Waals surface area contributed by atoms with Crippen molar-refractivity contribution in [2.45, 2.75) is 12.8 Å². The number of nitrogens with two attached hydrogens (primary N) is 2. The van der Waals surface area contributed by atoms with Gasteiger partial charge in [-0.15, -0.1) is 0 Å². The SMILES string of the molecule is NC(=O)CN(CC1CCN(c2cncc(N)n2)CC1)C(=O)O. The van der Waals surface area contributed by atoms with E-state index in [1.807, 2.05) is 0 Å². The second kappa shape index (κ2) is 6.92. The Morgan fingerprint density at radius 3 is 2.59 bits per heavy atom. The number of primary amides is 1. The summed E-state index contributed by atoms with van der Waals surface area (Å²) in [6.07, 6.45) is 3.64. The number of nitrogens with zero attached hydrogens (tertiary/aromatic N) is 4. The summed E-state index contributed by atoms with van der Waals surface area (Å²) in [5, 5.41) is 9.09. The lowest BCUT2D eigenvalue weighted by molar-refractivity contribution is -0.119. The number of carboxylic acid groups (broad SMARTS) is 1. The number of aromatic nitrogens is 2. The molecular weight excluding hydrogens is 288 g/mol. The summed E-state index contributed by atoms with van der Waals surface area (Å²) in [4.78, 5) is 33.4. The second-order valence-corrected chi connectivity index (χ2v) is 5.36. The number of amides is 2. The van der Waals surface area contributed by atoms with Crippen LogP contribution in [0.1, 0.15) is 12.8 Å². The zero-order valence-corrected chi connectivity index (χ0v) is 12.2. The highest BCUT2D eigenvalue weighted by Crippen LogP contribution is 2.22. The van der Waals surface area contributed by atoms with Crippen LogP contribution in [0.25, 0.3) is 0 Å². The van der Waals surface area contributed by atoms with Gasteiger partial charge >= 0.3 is 6.09 Å². The summed E-state index contributed by atoms with van der Waals surface area (Å²) in [6.45, 7) is 1.53. The average Bonchev–Trinajstić information content (AvgIpc) is 2.47. The summed E-state index contributed by atoms with van der Waals surface area (Å²) in [7, 11) is 0. The van der Waals surface area contributed by atoms with Gasteiger partial charge in [0, 0.05) is 19.6 Å². The van der Waals surface area contributed by atoms with Gasteiger partial charge in [0.25, 0.3) is 0 Å². The molecule has 0 aromatic carbocycles. The van der Waals surface area contributed by atoms with E-state index in [1.54, 1.807) is 6.20 Å². The van der Waals surface area contributed by atoms with Crippen LogP contribution in [0, 0.1) is 5.92 Å². The molecule has 22 heavy (non-hydrogen) atoms. The van der Waals surface area contributed by atoms with Crippen LogP contribution in [-0.2, 0) is 4.79 Å². The summed E-state index contributed by atoms with van der Waals surface area (Å²) in [5.41, 5.74) is 10.7. The van der Waals surface area contributed by atoms with Crippen LogP contribution in [0.4, 0.5) is 16.4 Å². The monoisotopic (exact) mass is 308 g/mol. The Kier molecular flexibility index (Phi) is 4.97. The first-order chi connectivity index (χ1) is 10.5. The molecule has 5 N–H and O–H groups in total. The molecule has 120 valence electrons. The molecule has 0 unspecified atom stereocenters. The van der Waals surface area contributed by atoms with Crippen LogP contribution < -0.4 is 16.4 Å². The maximum absolute atomic E-state index is 11.1. The highest BCUT2D eigenvalue weighted by atomic mass is 16.4. The quantitative estimate of drug-likeness (QED) is 0.681. The fourth-order valence-corrected chi connectivity index (χ4v) is 2.58. The van der Waals surface area contributed by atoms with E-state index in [1.165, 1.54) is 6.20 Å². The Labute approximate surface area is 127 Å². The van der Waals surface area contributed by atoms with Crippen LogP contribution in [0.5, 0.6) is 0 Å². The van der Waals surface area contributed by atoms with Gasteiger partial charge in [0.05, 0.1) is 12.4 Å². The fraction of sp³-hybridized carbons (Fsp3) is 0.538. The van der Waals surface area contributed by atoms with E-state index in [9.17, 15) is 9.59 Å². The second-order valence-electron chi connectivity index (χ2n) is 5.36. The summed E-state index contributed by atoms with van der Waals surface area (Å²) >= 11 is 0. The molecule has 0 saturated carbocycles.